The molecule has 0 saturated heterocycles. The van der Waals surface area contributed by atoms with Crippen molar-refractivity contribution >= 4 is 17.2 Å². The molecule has 2 nitrogen and oxygen atoms in total. The van der Waals surface area contributed by atoms with Gasteiger partial charge in [-0.3, -0.25) is 0 Å². The van der Waals surface area contributed by atoms with Gasteiger partial charge >= 0.3 is 0 Å². The predicted octanol–water partition coefficient (Wildman–Crippen LogP) is 3.82. The van der Waals surface area contributed by atoms with E-state index in [1.165, 1.54) is 11.1 Å². The normalized spacial score (nSPS) is 10.7. The molecule has 0 aromatic heterocycles. The van der Waals surface area contributed by atoms with E-state index >= 15 is 0 Å². The molecule has 1 rings (SSSR count). The van der Waals surface area contributed by atoms with Crippen molar-refractivity contribution in [3.63, 3.8) is 0 Å². The Labute approximate surface area is 116 Å². The molecular formula is C15H23NOS. The molecule has 100 valence electrons. The van der Waals surface area contributed by atoms with Crippen LogP contribution in [0.2, 0.25) is 0 Å². The van der Waals surface area contributed by atoms with Crippen LogP contribution in [0.4, 0.5) is 0 Å². The van der Waals surface area contributed by atoms with Gasteiger partial charge in [0.15, 0.2) is 0 Å². The maximum absolute atomic E-state index is 5.66. The standard InChI is InChI=1S/C15H23NOS/c1-4-17-14-9-8-12(6-5-7-15(16)18)10-13(14)11(2)3/h8-11H,4-7H2,1-3H3,(H2,16,18). The first-order valence-corrected chi connectivity index (χ1v) is 6.99. The van der Waals surface area contributed by atoms with Crippen LogP contribution in [0.5, 0.6) is 5.75 Å². The predicted molar refractivity (Wildman–Crippen MR) is 81.4 cm³/mol. The van der Waals surface area contributed by atoms with Crippen LogP contribution in [0.15, 0.2) is 18.2 Å². The van der Waals surface area contributed by atoms with Crippen molar-refractivity contribution in [2.75, 3.05) is 6.61 Å². The van der Waals surface area contributed by atoms with Gasteiger partial charge in [0.2, 0.25) is 0 Å². The fourth-order valence-corrected chi connectivity index (χ4v) is 2.10. The molecule has 0 aliphatic rings. The summed E-state index contributed by atoms with van der Waals surface area (Å²) in [5, 5.41) is 0. The number of benzene rings is 1. The monoisotopic (exact) mass is 265 g/mol. The van der Waals surface area contributed by atoms with Gasteiger partial charge in [-0.05, 0) is 49.3 Å². The van der Waals surface area contributed by atoms with Crippen molar-refractivity contribution in [3.8, 4) is 5.75 Å². The summed E-state index contributed by atoms with van der Waals surface area (Å²) in [4.78, 5) is 0.602. The Balaban J connectivity index is 2.76. The Morgan fingerprint density at radius 1 is 1.39 bits per heavy atom. The molecule has 0 spiro atoms. The van der Waals surface area contributed by atoms with Crippen LogP contribution in [0.1, 0.15) is 50.7 Å². The Morgan fingerprint density at radius 3 is 2.67 bits per heavy atom. The second-order valence-corrected chi connectivity index (χ2v) is 5.30. The third kappa shape index (κ3) is 4.65. The summed E-state index contributed by atoms with van der Waals surface area (Å²) in [6, 6.07) is 6.46. The van der Waals surface area contributed by atoms with Gasteiger partial charge < -0.3 is 10.5 Å². The van der Waals surface area contributed by atoms with Gasteiger partial charge in [-0.2, -0.15) is 0 Å². The van der Waals surface area contributed by atoms with E-state index in [0.717, 1.165) is 25.0 Å². The van der Waals surface area contributed by atoms with Crippen LogP contribution in [-0.4, -0.2) is 11.6 Å². The number of nitrogens with two attached hydrogens (primary N) is 1. The van der Waals surface area contributed by atoms with Crippen molar-refractivity contribution in [2.45, 2.75) is 46.0 Å². The van der Waals surface area contributed by atoms with Gasteiger partial charge in [-0.1, -0.05) is 38.2 Å². The first kappa shape index (κ1) is 15.0. The zero-order valence-corrected chi connectivity index (χ0v) is 12.3. The van der Waals surface area contributed by atoms with Gasteiger partial charge in [0, 0.05) is 0 Å². The molecule has 3 heteroatoms. The Kier molecular flexibility index (Phi) is 6.13. The number of rotatable bonds is 7. The van der Waals surface area contributed by atoms with Crippen molar-refractivity contribution in [3.05, 3.63) is 29.3 Å². The molecule has 0 amide bonds. The van der Waals surface area contributed by atoms with E-state index in [4.69, 9.17) is 22.7 Å². The number of thiocarbonyl (C=S) groups is 1. The van der Waals surface area contributed by atoms with E-state index in [-0.39, 0.29) is 0 Å². The summed E-state index contributed by atoms with van der Waals surface area (Å²) in [5.41, 5.74) is 8.12. The molecule has 0 aliphatic carbocycles. The van der Waals surface area contributed by atoms with E-state index in [9.17, 15) is 0 Å². The minimum Gasteiger partial charge on any atom is -0.494 e. The zero-order valence-electron chi connectivity index (χ0n) is 11.5. The SMILES string of the molecule is CCOc1ccc(CCCC(N)=S)cc1C(C)C. The number of ether oxygens (including phenoxy) is 1. The van der Waals surface area contributed by atoms with Crippen molar-refractivity contribution in [2.24, 2.45) is 5.73 Å². The van der Waals surface area contributed by atoms with Crippen LogP contribution in [0, 0.1) is 0 Å². The molecule has 0 unspecified atom stereocenters. The number of aryl methyl sites for hydroxylation is 1. The Hall–Kier alpha value is -1.09. The molecule has 2 N–H and O–H groups in total. The van der Waals surface area contributed by atoms with Crippen LogP contribution in [-0.2, 0) is 6.42 Å². The topological polar surface area (TPSA) is 35.2 Å². The second-order valence-electron chi connectivity index (χ2n) is 4.78. The number of hydrogen-bond acceptors (Lipinski definition) is 2. The highest BCUT2D eigenvalue weighted by atomic mass is 32.1. The van der Waals surface area contributed by atoms with Crippen LogP contribution >= 0.6 is 12.2 Å². The lowest BCUT2D eigenvalue weighted by Gasteiger charge is -2.14. The highest BCUT2D eigenvalue weighted by Crippen LogP contribution is 2.28. The zero-order chi connectivity index (χ0) is 13.5. The van der Waals surface area contributed by atoms with Crippen LogP contribution < -0.4 is 10.5 Å². The van der Waals surface area contributed by atoms with Gasteiger partial charge in [0.05, 0.1) is 11.6 Å². The molecule has 0 saturated carbocycles. The summed E-state index contributed by atoms with van der Waals surface area (Å²) in [6.45, 7) is 7.11. The summed E-state index contributed by atoms with van der Waals surface area (Å²) < 4.78 is 5.66. The third-order valence-electron chi connectivity index (χ3n) is 2.88. The smallest absolute Gasteiger partial charge is 0.122 e. The molecule has 0 aliphatic heterocycles. The van der Waals surface area contributed by atoms with E-state index < -0.39 is 0 Å². The highest BCUT2D eigenvalue weighted by Gasteiger charge is 2.08. The van der Waals surface area contributed by atoms with Crippen LogP contribution in [0.3, 0.4) is 0 Å². The maximum Gasteiger partial charge on any atom is 0.122 e. The second kappa shape index (κ2) is 7.37. The minimum absolute atomic E-state index is 0.474. The summed E-state index contributed by atoms with van der Waals surface area (Å²) in [6.07, 6.45) is 2.85. The molecular weight excluding hydrogens is 242 g/mol. The van der Waals surface area contributed by atoms with E-state index in [1.807, 2.05) is 6.92 Å². The van der Waals surface area contributed by atoms with Gasteiger partial charge in [-0.15, -0.1) is 0 Å². The molecule has 1 aromatic rings. The van der Waals surface area contributed by atoms with Crippen molar-refractivity contribution in [1.82, 2.24) is 0 Å². The van der Waals surface area contributed by atoms with Crippen molar-refractivity contribution < 1.29 is 4.74 Å². The maximum atomic E-state index is 5.66. The molecule has 0 radical (unpaired) electrons. The largest absolute Gasteiger partial charge is 0.494 e. The fraction of sp³-hybridized carbons (Fsp3) is 0.533. The first-order valence-electron chi connectivity index (χ1n) is 6.58. The van der Waals surface area contributed by atoms with Gasteiger partial charge in [0.25, 0.3) is 0 Å². The van der Waals surface area contributed by atoms with Gasteiger partial charge in [0.1, 0.15) is 5.75 Å². The molecule has 0 fully saturated rings. The fourth-order valence-electron chi connectivity index (χ4n) is 1.96. The first-order chi connectivity index (χ1) is 8.54. The Bertz CT molecular complexity index is 401. The quantitative estimate of drug-likeness (QED) is 0.761. The average molecular weight is 265 g/mol. The molecule has 0 atom stereocenters. The Morgan fingerprint density at radius 2 is 2.11 bits per heavy atom. The molecule has 0 heterocycles. The minimum atomic E-state index is 0.474. The average Bonchev–Trinajstić information content (AvgIpc) is 2.30. The summed E-state index contributed by atoms with van der Waals surface area (Å²) >= 11 is 4.89. The van der Waals surface area contributed by atoms with E-state index in [1.54, 1.807) is 0 Å². The highest BCUT2D eigenvalue weighted by molar-refractivity contribution is 7.80. The summed E-state index contributed by atoms with van der Waals surface area (Å²) in [5.74, 6) is 1.48. The molecule has 0 bridgehead atoms. The lowest BCUT2D eigenvalue weighted by Crippen LogP contribution is -2.07. The summed E-state index contributed by atoms with van der Waals surface area (Å²) in [7, 11) is 0. The molecule has 1 aromatic carbocycles. The third-order valence-corrected chi connectivity index (χ3v) is 3.09. The van der Waals surface area contributed by atoms with Gasteiger partial charge in [-0.25, -0.2) is 0 Å². The lowest BCUT2D eigenvalue weighted by molar-refractivity contribution is 0.335. The lowest BCUT2D eigenvalue weighted by atomic mass is 9.97. The molecule has 18 heavy (non-hydrogen) atoms. The van der Waals surface area contributed by atoms with E-state index in [0.29, 0.717) is 17.5 Å². The van der Waals surface area contributed by atoms with Crippen LogP contribution in [0.25, 0.3) is 0 Å². The van der Waals surface area contributed by atoms with Crippen molar-refractivity contribution in [1.29, 1.82) is 0 Å². The number of hydrogen-bond donors (Lipinski definition) is 1. The van der Waals surface area contributed by atoms with E-state index in [2.05, 4.69) is 32.0 Å².